The molecule has 1 aliphatic heterocycles. The van der Waals surface area contributed by atoms with Crippen molar-refractivity contribution in [2.24, 2.45) is 5.73 Å². The van der Waals surface area contributed by atoms with Crippen molar-refractivity contribution < 1.29 is 9.84 Å². The molecule has 0 aromatic rings. The van der Waals surface area contributed by atoms with E-state index in [1.54, 1.807) is 0 Å². The van der Waals surface area contributed by atoms with E-state index in [2.05, 4.69) is 4.90 Å². The zero-order chi connectivity index (χ0) is 10.7. The summed E-state index contributed by atoms with van der Waals surface area (Å²) in [5, 5.41) is 10.4. The molecule has 0 unspecified atom stereocenters. The fourth-order valence-corrected chi connectivity index (χ4v) is 2.51. The van der Waals surface area contributed by atoms with Gasteiger partial charge in [-0.2, -0.15) is 0 Å². The minimum atomic E-state index is -0.493. The zero-order valence-corrected chi connectivity index (χ0v) is 9.32. The molecular weight excluding hydrogens is 192 g/mol. The first kappa shape index (κ1) is 11.3. The van der Waals surface area contributed by atoms with Crippen molar-refractivity contribution in [2.75, 3.05) is 32.8 Å². The number of ether oxygens (including phenoxy) is 1. The number of hydrogen-bond acceptors (Lipinski definition) is 4. The third-order valence-corrected chi connectivity index (χ3v) is 3.58. The predicted octanol–water partition coefficient (Wildman–Crippen LogP) is -0.0490. The van der Waals surface area contributed by atoms with Crippen LogP contribution in [0.2, 0.25) is 0 Å². The third-order valence-electron chi connectivity index (χ3n) is 3.58. The van der Waals surface area contributed by atoms with Crippen LogP contribution < -0.4 is 5.73 Å². The fourth-order valence-electron chi connectivity index (χ4n) is 2.51. The molecule has 1 saturated heterocycles. The molecule has 4 nitrogen and oxygen atoms in total. The summed E-state index contributed by atoms with van der Waals surface area (Å²) in [7, 11) is 0. The molecule has 2 fully saturated rings. The number of rotatable bonds is 2. The maximum atomic E-state index is 10.4. The van der Waals surface area contributed by atoms with Crippen molar-refractivity contribution in [2.45, 2.75) is 37.3 Å². The van der Waals surface area contributed by atoms with Gasteiger partial charge >= 0.3 is 0 Å². The molecule has 2 rings (SSSR count). The monoisotopic (exact) mass is 214 g/mol. The Balaban J connectivity index is 1.81. The van der Waals surface area contributed by atoms with Gasteiger partial charge in [-0.1, -0.05) is 0 Å². The molecule has 0 bridgehead atoms. The van der Waals surface area contributed by atoms with Crippen LogP contribution in [0, 0.1) is 0 Å². The van der Waals surface area contributed by atoms with Crippen molar-refractivity contribution in [3.63, 3.8) is 0 Å². The molecular formula is C11H22N2O2. The summed E-state index contributed by atoms with van der Waals surface area (Å²) in [5.74, 6) is 0. The lowest BCUT2D eigenvalue weighted by Gasteiger charge is -2.39. The van der Waals surface area contributed by atoms with E-state index in [0.717, 1.165) is 58.5 Å². The summed E-state index contributed by atoms with van der Waals surface area (Å²) in [6.07, 6.45) is 3.62. The lowest BCUT2D eigenvalue weighted by atomic mass is 9.82. The van der Waals surface area contributed by atoms with Crippen LogP contribution in [0.5, 0.6) is 0 Å². The summed E-state index contributed by atoms with van der Waals surface area (Å²) in [5.41, 5.74) is 5.35. The summed E-state index contributed by atoms with van der Waals surface area (Å²) < 4.78 is 5.30. The molecule has 0 spiro atoms. The summed E-state index contributed by atoms with van der Waals surface area (Å²) in [6, 6.07) is 0.301. The van der Waals surface area contributed by atoms with E-state index in [1.807, 2.05) is 0 Å². The van der Waals surface area contributed by atoms with E-state index in [0.29, 0.717) is 6.04 Å². The Labute approximate surface area is 91.4 Å². The average Bonchev–Trinajstić information content (AvgIpc) is 2.24. The highest BCUT2D eigenvalue weighted by molar-refractivity contribution is 4.89. The summed E-state index contributed by atoms with van der Waals surface area (Å²) >= 11 is 0. The van der Waals surface area contributed by atoms with Crippen LogP contribution >= 0.6 is 0 Å². The van der Waals surface area contributed by atoms with Gasteiger partial charge in [-0.05, 0) is 25.7 Å². The lowest BCUT2D eigenvalue weighted by Crippen LogP contribution is -2.50. The highest BCUT2D eigenvalue weighted by Gasteiger charge is 2.33. The van der Waals surface area contributed by atoms with E-state index >= 15 is 0 Å². The van der Waals surface area contributed by atoms with Crippen LogP contribution in [0.4, 0.5) is 0 Å². The van der Waals surface area contributed by atoms with Gasteiger partial charge in [0.15, 0.2) is 0 Å². The molecule has 0 radical (unpaired) electrons. The van der Waals surface area contributed by atoms with Gasteiger partial charge in [-0.3, -0.25) is 4.90 Å². The number of hydrogen-bond donors (Lipinski definition) is 2. The minimum Gasteiger partial charge on any atom is -0.389 e. The second-order valence-corrected chi connectivity index (χ2v) is 4.95. The van der Waals surface area contributed by atoms with Crippen molar-refractivity contribution in [1.29, 1.82) is 0 Å². The van der Waals surface area contributed by atoms with Crippen molar-refractivity contribution in [3.05, 3.63) is 0 Å². The molecule has 4 heteroatoms. The fraction of sp³-hybridized carbons (Fsp3) is 1.00. The van der Waals surface area contributed by atoms with Gasteiger partial charge in [0, 0.05) is 25.7 Å². The van der Waals surface area contributed by atoms with Crippen LogP contribution in [0.15, 0.2) is 0 Å². The Hall–Kier alpha value is -0.160. The lowest BCUT2D eigenvalue weighted by molar-refractivity contribution is -0.0530. The number of nitrogens with two attached hydrogens (primary N) is 1. The highest BCUT2D eigenvalue weighted by atomic mass is 16.5. The Morgan fingerprint density at radius 1 is 1.27 bits per heavy atom. The summed E-state index contributed by atoms with van der Waals surface area (Å²) in [6.45, 7) is 4.30. The molecule has 0 aromatic heterocycles. The van der Waals surface area contributed by atoms with Gasteiger partial charge in [0.05, 0.1) is 18.8 Å². The molecule has 1 heterocycles. The number of aliphatic hydroxyl groups is 1. The Morgan fingerprint density at radius 2 is 1.87 bits per heavy atom. The highest BCUT2D eigenvalue weighted by Crippen LogP contribution is 2.28. The van der Waals surface area contributed by atoms with Gasteiger partial charge in [-0.25, -0.2) is 0 Å². The summed E-state index contributed by atoms with van der Waals surface area (Å²) in [4.78, 5) is 2.31. The van der Waals surface area contributed by atoms with Crippen LogP contribution in [-0.2, 0) is 4.74 Å². The number of nitrogens with zero attached hydrogens (tertiary/aromatic N) is 1. The molecule has 0 amide bonds. The number of β-amino-alcohol motifs (C(OH)–C–C–N with tert-alkyl or cyclic N) is 1. The molecule has 1 saturated carbocycles. The average molecular weight is 214 g/mol. The first-order valence-corrected chi connectivity index (χ1v) is 5.96. The molecule has 0 aromatic carbocycles. The third kappa shape index (κ3) is 3.14. The van der Waals surface area contributed by atoms with Gasteiger partial charge in [0.2, 0.25) is 0 Å². The molecule has 1 aliphatic carbocycles. The minimum absolute atomic E-state index is 0.301. The normalized spacial score (nSPS) is 39.2. The molecule has 0 atom stereocenters. The quantitative estimate of drug-likeness (QED) is 0.677. The number of morpholine rings is 1. The second-order valence-electron chi connectivity index (χ2n) is 4.95. The Kier molecular flexibility index (Phi) is 3.61. The topological polar surface area (TPSA) is 58.7 Å². The van der Waals surface area contributed by atoms with E-state index in [1.165, 1.54) is 0 Å². The van der Waals surface area contributed by atoms with E-state index in [9.17, 15) is 5.11 Å². The zero-order valence-electron chi connectivity index (χ0n) is 9.32. The second kappa shape index (κ2) is 4.78. The van der Waals surface area contributed by atoms with Crippen LogP contribution in [0.3, 0.4) is 0 Å². The van der Waals surface area contributed by atoms with Crippen LogP contribution in [0.25, 0.3) is 0 Å². The first-order valence-electron chi connectivity index (χ1n) is 5.96. The van der Waals surface area contributed by atoms with Crippen LogP contribution in [0.1, 0.15) is 25.7 Å². The molecule has 88 valence electrons. The Morgan fingerprint density at radius 3 is 2.47 bits per heavy atom. The van der Waals surface area contributed by atoms with Gasteiger partial charge in [0.25, 0.3) is 0 Å². The Bertz CT molecular complexity index is 197. The molecule has 2 aliphatic rings. The van der Waals surface area contributed by atoms with Gasteiger partial charge in [-0.15, -0.1) is 0 Å². The van der Waals surface area contributed by atoms with Crippen molar-refractivity contribution >= 4 is 0 Å². The largest absolute Gasteiger partial charge is 0.389 e. The van der Waals surface area contributed by atoms with E-state index < -0.39 is 5.60 Å². The standard InChI is InChI=1S/C11H22N2O2/c12-10-1-3-11(14,4-2-10)9-13-5-7-15-8-6-13/h10,14H,1-9,12H2. The van der Waals surface area contributed by atoms with Crippen molar-refractivity contribution in [1.82, 2.24) is 4.90 Å². The molecule has 3 N–H and O–H groups in total. The molecule has 15 heavy (non-hydrogen) atoms. The first-order chi connectivity index (χ1) is 7.18. The SMILES string of the molecule is NC1CCC(O)(CN2CCOCC2)CC1. The predicted molar refractivity (Wildman–Crippen MR) is 58.7 cm³/mol. The van der Waals surface area contributed by atoms with Crippen LogP contribution in [-0.4, -0.2) is 54.5 Å². The maximum absolute atomic E-state index is 10.4. The van der Waals surface area contributed by atoms with Gasteiger partial charge < -0.3 is 15.6 Å². The smallest absolute Gasteiger partial charge is 0.0775 e. The maximum Gasteiger partial charge on any atom is 0.0775 e. The van der Waals surface area contributed by atoms with Crippen molar-refractivity contribution in [3.8, 4) is 0 Å². The van der Waals surface area contributed by atoms with E-state index in [4.69, 9.17) is 10.5 Å². The van der Waals surface area contributed by atoms with Gasteiger partial charge in [0.1, 0.15) is 0 Å². The van der Waals surface area contributed by atoms with E-state index in [-0.39, 0.29) is 0 Å².